The van der Waals surface area contributed by atoms with Gasteiger partial charge in [-0.3, -0.25) is 4.90 Å². The van der Waals surface area contributed by atoms with Gasteiger partial charge in [-0.15, -0.1) is 11.3 Å². The molecule has 0 fully saturated rings. The van der Waals surface area contributed by atoms with Crippen LogP contribution in [-0.4, -0.2) is 11.9 Å². The number of nitrogens with zero attached hydrogens (tertiary/aromatic N) is 1. The molecule has 0 amide bonds. The Bertz CT molecular complexity index is 462. The molecule has 90 valence electrons. The zero-order valence-corrected chi connectivity index (χ0v) is 12.1. The van der Waals surface area contributed by atoms with E-state index >= 15 is 0 Å². The number of rotatable bonds is 4. The molecule has 2 aromatic rings. The lowest BCUT2D eigenvalue weighted by Gasteiger charge is -2.18. The summed E-state index contributed by atoms with van der Waals surface area (Å²) in [5.41, 5.74) is 7.99. The van der Waals surface area contributed by atoms with Gasteiger partial charge in [0.15, 0.2) is 0 Å². The number of hydrogen-bond donors (Lipinski definition) is 1. The van der Waals surface area contributed by atoms with Crippen molar-refractivity contribution in [3.05, 3.63) is 50.6 Å². The Morgan fingerprint density at radius 2 is 2.06 bits per heavy atom. The summed E-state index contributed by atoms with van der Waals surface area (Å²) in [6.07, 6.45) is 0. The molecule has 2 nitrogen and oxygen atoms in total. The van der Waals surface area contributed by atoms with Gasteiger partial charge < -0.3 is 5.73 Å². The predicted octanol–water partition coefficient (Wildman–Crippen LogP) is 3.72. The van der Waals surface area contributed by atoms with E-state index in [1.807, 2.05) is 18.2 Å². The van der Waals surface area contributed by atoms with Crippen molar-refractivity contribution in [1.29, 1.82) is 0 Å². The van der Waals surface area contributed by atoms with Crippen molar-refractivity contribution in [3.8, 4) is 0 Å². The molecule has 0 unspecified atom stereocenters. The highest BCUT2D eigenvalue weighted by Gasteiger charge is 2.08. The summed E-state index contributed by atoms with van der Waals surface area (Å²) in [7, 11) is 2.11. The molecule has 0 bridgehead atoms. The normalized spacial score (nSPS) is 11.0. The SMILES string of the molecule is CN(Cc1cccs1)Cc1c(N)cccc1Br. The molecular weight excluding hydrogens is 296 g/mol. The Labute approximate surface area is 114 Å². The summed E-state index contributed by atoms with van der Waals surface area (Å²) < 4.78 is 1.08. The van der Waals surface area contributed by atoms with Gasteiger partial charge in [-0.25, -0.2) is 0 Å². The van der Waals surface area contributed by atoms with Gasteiger partial charge in [-0.1, -0.05) is 28.1 Å². The number of hydrogen-bond acceptors (Lipinski definition) is 3. The first-order valence-corrected chi connectivity index (χ1v) is 7.08. The van der Waals surface area contributed by atoms with E-state index in [-0.39, 0.29) is 0 Å². The number of thiophene rings is 1. The van der Waals surface area contributed by atoms with Crippen LogP contribution >= 0.6 is 27.3 Å². The van der Waals surface area contributed by atoms with E-state index in [9.17, 15) is 0 Å². The van der Waals surface area contributed by atoms with E-state index in [1.165, 1.54) is 4.88 Å². The number of anilines is 1. The minimum absolute atomic E-state index is 0.845. The molecule has 1 aromatic carbocycles. The third-order valence-corrected chi connectivity index (χ3v) is 4.19. The first-order chi connectivity index (χ1) is 8.16. The molecule has 0 saturated heterocycles. The fourth-order valence-electron chi connectivity index (χ4n) is 1.74. The quantitative estimate of drug-likeness (QED) is 0.872. The van der Waals surface area contributed by atoms with Crippen LogP contribution < -0.4 is 5.73 Å². The Kier molecular flexibility index (Phi) is 4.20. The first-order valence-electron chi connectivity index (χ1n) is 5.40. The fourth-order valence-corrected chi connectivity index (χ4v) is 3.03. The topological polar surface area (TPSA) is 29.3 Å². The largest absolute Gasteiger partial charge is 0.398 e. The molecule has 0 spiro atoms. The average Bonchev–Trinajstić information content (AvgIpc) is 2.76. The fraction of sp³-hybridized carbons (Fsp3) is 0.231. The van der Waals surface area contributed by atoms with Crippen LogP contribution in [-0.2, 0) is 13.1 Å². The lowest BCUT2D eigenvalue weighted by Crippen LogP contribution is -2.17. The predicted molar refractivity (Wildman–Crippen MR) is 78.0 cm³/mol. The second-order valence-corrected chi connectivity index (χ2v) is 5.95. The lowest BCUT2D eigenvalue weighted by molar-refractivity contribution is 0.322. The molecule has 0 aliphatic heterocycles. The van der Waals surface area contributed by atoms with Crippen molar-refractivity contribution in [1.82, 2.24) is 4.90 Å². The molecule has 0 saturated carbocycles. The number of benzene rings is 1. The molecule has 1 aromatic heterocycles. The highest BCUT2D eigenvalue weighted by molar-refractivity contribution is 9.10. The van der Waals surface area contributed by atoms with Crippen molar-refractivity contribution in [2.24, 2.45) is 0 Å². The first kappa shape index (κ1) is 12.6. The second-order valence-electron chi connectivity index (χ2n) is 4.06. The molecule has 1 heterocycles. The highest BCUT2D eigenvalue weighted by Crippen LogP contribution is 2.24. The van der Waals surface area contributed by atoms with Crippen molar-refractivity contribution in [3.63, 3.8) is 0 Å². The zero-order valence-electron chi connectivity index (χ0n) is 9.69. The third kappa shape index (κ3) is 3.31. The summed E-state index contributed by atoms with van der Waals surface area (Å²) in [5.74, 6) is 0. The van der Waals surface area contributed by atoms with Crippen LogP contribution in [0.2, 0.25) is 0 Å². The third-order valence-electron chi connectivity index (χ3n) is 2.59. The van der Waals surface area contributed by atoms with Crippen LogP contribution in [0.1, 0.15) is 10.4 Å². The zero-order chi connectivity index (χ0) is 12.3. The van der Waals surface area contributed by atoms with Crippen LogP contribution in [0.5, 0.6) is 0 Å². The molecule has 17 heavy (non-hydrogen) atoms. The Morgan fingerprint density at radius 3 is 2.71 bits per heavy atom. The second kappa shape index (κ2) is 5.67. The van der Waals surface area contributed by atoms with Crippen molar-refractivity contribution < 1.29 is 0 Å². The van der Waals surface area contributed by atoms with Crippen LogP contribution in [0.4, 0.5) is 5.69 Å². The van der Waals surface area contributed by atoms with Gasteiger partial charge >= 0.3 is 0 Å². The number of nitrogens with two attached hydrogens (primary N) is 1. The van der Waals surface area contributed by atoms with Gasteiger partial charge in [0, 0.05) is 33.7 Å². The van der Waals surface area contributed by atoms with Gasteiger partial charge in [-0.05, 0) is 30.6 Å². The smallest absolute Gasteiger partial charge is 0.0371 e. The summed E-state index contributed by atoms with van der Waals surface area (Å²) in [6, 6.07) is 10.2. The van der Waals surface area contributed by atoms with Gasteiger partial charge in [0.05, 0.1) is 0 Å². The molecule has 4 heteroatoms. The maximum atomic E-state index is 5.99. The molecule has 2 rings (SSSR count). The highest BCUT2D eigenvalue weighted by atomic mass is 79.9. The summed E-state index contributed by atoms with van der Waals surface area (Å²) in [5, 5.41) is 2.11. The minimum atomic E-state index is 0.845. The monoisotopic (exact) mass is 310 g/mol. The van der Waals surface area contributed by atoms with E-state index in [4.69, 9.17) is 5.73 Å². The molecule has 0 aliphatic carbocycles. The van der Waals surface area contributed by atoms with Gasteiger partial charge in [0.1, 0.15) is 0 Å². The van der Waals surface area contributed by atoms with E-state index in [1.54, 1.807) is 11.3 Å². The molecular formula is C13H15BrN2S. The Balaban J connectivity index is 2.05. The molecule has 0 aliphatic rings. The Hall–Kier alpha value is -0.840. The summed E-state index contributed by atoms with van der Waals surface area (Å²) in [4.78, 5) is 3.64. The van der Waals surface area contributed by atoms with Crippen LogP contribution in [0.25, 0.3) is 0 Å². The minimum Gasteiger partial charge on any atom is -0.398 e. The van der Waals surface area contributed by atoms with Crippen LogP contribution in [0.3, 0.4) is 0 Å². The van der Waals surface area contributed by atoms with E-state index in [0.29, 0.717) is 0 Å². The molecule has 2 N–H and O–H groups in total. The van der Waals surface area contributed by atoms with E-state index in [0.717, 1.165) is 28.8 Å². The van der Waals surface area contributed by atoms with E-state index < -0.39 is 0 Å². The average molecular weight is 311 g/mol. The van der Waals surface area contributed by atoms with Crippen molar-refractivity contribution in [2.75, 3.05) is 12.8 Å². The van der Waals surface area contributed by atoms with Gasteiger partial charge in [0.2, 0.25) is 0 Å². The van der Waals surface area contributed by atoms with Crippen LogP contribution in [0, 0.1) is 0 Å². The summed E-state index contributed by atoms with van der Waals surface area (Å²) >= 11 is 5.34. The van der Waals surface area contributed by atoms with Crippen molar-refractivity contribution >= 4 is 33.0 Å². The molecule has 0 atom stereocenters. The maximum Gasteiger partial charge on any atom is 0.0371 e. The molecule has 0 radical (unpaired) electrons. The number of nitrogen functional groups attached to an aromatic ring is 1. The summed E-state index contributed by atoms with van der Waals surface area (Å²) in [6.45, 7) is 1.81. The van der Waals surface area contributed by atoms with Gasteiger partial charge in [-0.2, -0.15) is 0 Å². The number of halogens is 1. The van der Waals surface area contributed by atoms with Gasteiger partial charge in [0.25, 0.3) is 0 Å². The standard InChI is InChI=1S/C13H15BrN2S/c1-16(8-10-4-3-7-17-10)9-11-12(14)5-2-6-13(11)15/h2-7H,8-9,15H2,1H3. The van der Waals surface area contributed by atoms with Crippen molar-refractivity contribution in [2.45, 2.75) is 13.1 Å². The maximum absolute atomic E-state index is 5.99. The lowest BCUT2D eigenvalue weighted by atomic mass is 10.1. The van der Waals surface area contributed by atoms with Crippen LogP contribution in [0.15, 0.2) is 40.2 Å². The Morgan fingerprint density at radius 1 is 1.24 bits per heavy atom. The van der Waals surface area contributed by atoms with E-state index in [2.05, 4.69) is 45.4 Å².